The van der Waals surface area contributed by atoms with Crippen molar-refractivity contribution in [2.45, 2.75) is 37.3 Å². The van der Waals surface area contributed by atoms with Crippen molar-refractivity contribution in [2.24, 2.45) is 5.92 Å². The summed E-state index contributed by atoms with van der Waals surface area (Å²) in [7, 11) is 0. The number of hydrogen-bond donors (Lipinski definition) is 0. The molecule has 0 bridgehead atoms. The molecule has 2 rings (SSSR count). The van der Waals surface area contributed by atoms with Gasteiger partial charge in [0.25, 0.3) is 0 Å². The van der Waals surface area contributed by atoms with Gasteiger partial charge in [-0.25, -0.2) is 0 Å². The predicted molar refractivity (Wildman–Crippen MR) is 68.0 cm³/mol. The summed E-state index contributed by atoms with van der Waals surface area (Å²) in [5.74, 6) is 0.112. The zero-order valence-corrected chi connectivity index (χ0v) is 12.0. The van der Waals surface area contributed by atoms with Crippen LogP contribution in [0.4, 0.5) is 0 Å². The summed E-state index contributed by atoms with van der Waals surface area (Å²) in [5.41, 5.74) is 0. The molecule has 2 aliphatic heterocycles. The molecule has 2 saturated heterocycles. The molecule has 1 atom stereocenters. The number of hydrogen-bond acceptors (Lipinski definition) is 3. The highest BCUT2D eigenvalue weighted by Gasteiger charge is 2.41. The minimum Gasteiger partial charge on any atom is -0.347 e. The fourth-order valence-electron chi connectivity index (χ4n) is 2.31. The maximum Gasteiger partial charge on any atom is 0.236 e. The van der Waals surface area contributed by atoms with E-state index in [2.05, 4.69) is 15.9 Å². The molecule has 5 heteroatoms. The van der Waals surface area contributed by atoms with E-state index in [1.54, 1.807) is 0 Å². The molecular weight excluding hydrogens is 286 g/mol. The average molecular weight is 306 g/mol. The second kappa shape index (κ2) is 5.24. The van der Waals surface area contributed by atoms with Crippen LogP contribution in [0.2, 0.25) is 0 Å². The van der Waals surface area contributed by atoms with Gasteiger partial charge in [0.05, 0.1) is 18.0 Å². The highest BCUT2D eigenvalue weighted by atomic mass is 79.9. The van der Waals surface area contributed by atoms with Gasteiger partial charge < -0.3 is 14.4 Å². The van der Waals surface area contributed by atoms with Crippen LogP contribution in [0.5, 0.6) is 0 Å². The molecule has 0 N–H and O–H groups in total. The molecule has 0 saturated carbocycles. The number of alkyl halides is 1. The number of likely N-dealkylation sites (tertiary alicyclic amines) is 1. The van der Waals surface area contributed by atoms with Crippen LogP contribution >= 0.6 is 15.9 Å². The van der Waals surface area contributed by atoms with Crippen molar-refractivity contribution in [3.8, 4) is 0 Å². The number of ether oxygens (including phenoxy) is 2. The SMILES string of the molecule is CC(C)C(Br)C(=O)N1CCC2(CC1)OCCO2. The molecule has 0 aromatic rings. The van der Waals surface area contributed by atoms with Crippen LogP contribution in [-0.4, -0.2) is 47.7 Å². The predicted octanol–water partition coefficient (Wildman–Crippen LogP) is 1.77. The van der Waals surface area contributed by atoms with Crippen molar-refractivity contribution >= 4 is 21.8 Å². The van der Waals surface area contributed by atoms with E-state index in [9.17, 15) is 4.79 Å². The van der Waals surface area contributed by atoms with Crippen LogP contribution in [0.1, 0.15) is 26.7 Å². The van der Waals surface area contributed by atoms with Crippen LogP contribution in [0.25, 0.3) is 0 Å². The first kappa shape index (κ1) is 13.3. The smallest absolute Gasteiger partial charge is 0.236 e. The summed E-state index contributed by atoms with van der Waals surface area (Å²) >= 11 is 3.46. The Balaban J connectivity index is 1.88. The first-order chi connectivity index (χ1) is 8.04. The second-order valence-corrected chi connectivity index (χ2v) is 6.07. The van der Waals surface area contributed by atoms with Crippen molar-refractivity contribution in [3.05, 3.63) is 0 Å². The molecule has 17 heavy (non-hydrogen) atoms. The molecule has 0 aromatic heterocycles. The second-order valence-electron chi connectivity index (χ2n) is 5.08. The fraction of sp³-hybridized carbons (Fsp3) is 0.917. The number of amides is 1. The van der Waals surface area contributed by atoms with Crippen LogP contribution in [0.3, 0.4) is 0 Å². The summed E-state index contributed by atoms with van der Waals surface area (Å²) < 4.78 is 11.3. The standard InChI is InChI=1S/C12H20BrNO3/c1-9(2)10(13)11(15)14-5-3-12(4-6-14)16-7-8-17-12/h9-10H,3-8H2,1-2H3. The van der Waals surface area contributed by atoms with Crippen LogP contribution in [0, 0.1) is 5.92 Å². The molecule has 2 heterocycles. The molecule has 0 aromatic carbocycles. The van der Waals surface area contributed by atoms with Crippen molar-refractivity contribution < 1.29 is 14.3 Å². The summed E-state index contributed by atoms with van der Waals surface area (Å²) in [4.78, 5) is 14.0. The summed E-state index contributed by atoms with van der Waals surface area (Å²) in [6.07, 6.45) is 1.58. The fourth-order valence-corrected chi connectivity index (χ4v) is 2.60. The third kappa shape index (κ3) is 2.83. The lowest BCUT2D eigenvalue weighted by atomic mass is 10.0. The van der Waals surface area contributed by atoms with Crippen molar-refractivity contribution in [1.82, 2.24) is 4.90 Å². The van der Waals surface area contributed by atoms with Gasteiger partial charge in [-0.3, -0.25) is 4.79 Å². The Morgan fingerprint density at radius 3 is 2.24 bits per heavy atom. The van der Waals surface area contributed by atoms with Crippen molar-refractivity contribution in [1.29, 1.82) is 0 Å². The number of halogens is 1. The van der Waals surface area contributed by atoms with E-state index in [-0.39, 0.29) is 10.7 Å². The van der Waals surface area contributed by atoms with E-state index in [0.717, 1.165) is 25.9 Å². The molecule has 4 nitrogen and oxygen atoms in total. The lowest BCUT2D eigenvalue weighted by Crippen LogP contribution is -2.49. The first-order valence-electron chi connectivity index (χ1n) is 6.25. The van der Waals surface area contributed by atoms with Gasteiger partial charge >= 0.3 is 0 Å². The van der Waals surface area contributed by atoms with Gasteiger partial charge in [0.1, 0.15) is 0 Å². The lowest BCUT2D eigenvalue weighted by Gasteiger charge is -2.38. The Hall–Kier alpha value is -0.130. The van der Waals surface area contributed by atoms with E-state index in [1.165, 1.54) is 0 Å². The highest BCUT2D eigenvalue weighted by Crippen LogP contribution is 2.32. The zero-order valence-electron chi connectivity index (χ0n) is 10.4. The maximum absolute atomic E-state index is 12.1. The van der Waals surface area contributed by atoms with Gasteiger partial charge in [-0.05, 0) is 5.92 Å². The number of nitrogens with zero attached hydrogens (tertiary/aromatic N) is 1. The van der Waals surface area contributed by atoms with Gasteiger partial charge in [0, 0.05) is 25.9 Å². The minimum absolute atomic E-state index is 0.0815. The molecule has 1 amide bonds. The minimum atomic E-state index is -0.392. The van der Waals surface area contributed by atoms with Gasteiger partial charge in [0.2, 0.25) is 5.91 Å². The summed E-state index contributed by atoms with van der Waals surface area (Å²) in [6, 6.07) is 0. The largest absolute Gasteiger partial charge is 0.347 e. The van der Waals surface area contributed by atoms with Gasteiger partial charge in [-0.1, -0.05) is 29.8 Å². The van der Waals surface area contributed by atoms with E-state index >= 15 is 0 Å². The molecule has 1 spiro atoms. The van der Waals surface area contributed by atoms with E-state index in [4.69, 9.17) is 9.47 Å². The third-order valence-corrected chi connectivity index (χ3v) is 4.92. The number of piperidine rings is 1. The van der Waals surface area contributed by atoms with E-state index < -0.39 is 5.79 Å². The van der Waals surface area contributed by atoms with Crippen LogP contribution in [0.15, 0.2) is 0 Å². The molecular formula is C12H20BrNO3. The molecule has 0 radical (unpaired) electrons. The maximum atomic E-state index is 12.1. The monoisotopic (exact) mass is 305 g/mol. The molecule has 2 aliphatic rings. The molecule has 2 fully saturated rings. The highest BCUT2D eigenvalue weighted by molar-refractivity contribution is 9.10. The van der Waals surface area contributed by atoms with Gasteiger partial charge in [-0.15, -0.1) is 0 Å². The Morgan fingerprint density at radius 2 is 1.76 bits per heavy atom. The van der Waals surface area contributed by atoms with E-state index in [0.29, 0.717) is 19.1 Å². The van der Waals surface area contributed by atoms with Crippen molar-refractivity contribution in [2.75, 3.05) is 26.3 Å². The molecule has 0 aliphatic carbocycles. The van der Waals surface area contributed by atoms with Gasteiger partial charge in [0.15, 0.2) is 5.79 Å². The third-order valence-electron chi connectivity index (χ3n) is 3.47. The first-order valence-corrected chi connectivity index (χ1v) is 7.16. The van der Waals surface area contributed by atoms with Gasteiger partial charge in [-0.2, -0.15) is 0 Å². The zero-order chi connectivity index (χ0) is 12.5. The summed E-state index contributed by atoms with van der Waals surface area (Å²) in [5, 5.41) is 0. The topological polar surface area (TPSA) is 38.8 Å². The molecule has 98 valence electrons. The summed E-state index contributed by atoms with van der Waals surface area (Å²) in [6.45, 7) is 6.92. The number of carbonyl (C=O) groups is 1. The Kier molecular flexibility index (Phi) is 4.10. The Labute approximate surface area is 111 Å². The van der Waals surface area contributed by atoms with Crippen LogP contribution < -0.4 is 0 Å². The average Bonchev–Trinajstić information content (AvgIpc) is 2.76. The van der Waals surface area contributed by atoms with Crippen molar-refractivity contribution in [3.63, 3.8) is 0 Å². The quantitative estimate of drug-likeness (QED) is 0.730. The number of rotatable bonds is 2. The molecule has 1 unspecified atom stereocenters. The Bertz CT molecular complexity index is 279. The van der Waals surface area contributed by atoms with Crippen LogP contribution in [-0.2, 0) is 14.3 Å². The number of carbonyl (C=O) groups excluding carboxylic acids is 1. The lowest BCUT2D eigenvalue weighted by molar-refractivity contribution is -0.187. The normalized spacial score (nSPS) is 25.5. The Morgan fingerprint density at radius 1 is 1.24 bits per heavy atom. The van der Waals surface area contributed by atoms with E-state index in [1.807, 2.05) is 18.7 Å².